The molecule has 0 unspecified atom stereocenters. The normalized spacial score (nSPS) is 10.8. The van der Waals surface area contributed by atoms with Crippen molar-refractivity contribution in [2.75, 3.05) is 11.9 Å². The van der Waals surface area contributed by atoms with Crippen LogP contribution in [0.15, 0.2) is 79.3 Å². The summed E-state index contributed by atoms with van der Waals surface area (Å²) in [4.78, 5) is 30.2. The van der Waals surface area contributed by atoms with Gasteiger partial charge in [0.15, 0.2) is 0 Å². The van der Waals surface area contributed by atoms with Crippen LogP contribution in [-0.2, 0) is 18.3 Å². The number of benzene rings is 2. The van der Waals surface area contributed by atoms with E-state index < -0.39 is 12.1 Å². The van der Waals surface area contributed by atoms with Crippen LogP contribution >= 0.6 is 0 Å². The number of amides is 1. The molecule has 0 aliphatic rings. The molecule has 0 aliphatic carbocycles. The van der Waals surface area contributed by atoms with Gasteiger partial charge < -0.3 is 20.3 Å². The van der Waals surface area contributed by atoms with E-state index in [0.717, 1.165) is 22.4 Å². The van der Waals surface area contributed by atoms with Crippen molar-refractivity contribution in [3.05, 3.63) is 96.3 Å². The highest BCUT2D eigenvalue weighted by Crippen LogP contribution is 2.22. The van der Waals surface area contributed by atoms with Gasteiger partial charge in [-0.2, -0.15) is 13.2 Å². The zero-order valence-electron chi connectivity index (χ0n) is 20.0. The van der Waals surface area contributed by atoms with Crippen LogP contribution in [0.4, 0.5) is 29.2 Å². The van der Waals surface area contributed by atoms with Gasteiger partial charge in [0.05, 0.1) is 0 Å². The number of carbonyl (C=O) groups excluding carboxylic acids is 1. The number of halogens is 4. The number of hydrogen-bond acceptors (Lipinski definition) is 5. The van der Waals surface area contributed by atoms with Crippen molar-refractivity contribution in [3.63, 3.8) is 0 Å². The second kappa shape index (κ2) is 12.5. The summed E-state index contributed by atoms with van der Waals surface area (Å²) in [6.45, 7) is 0.422. The number of nitrogens with zero attached hydrogens (tertiary/aromatic N) is 3. The van der Waals surface area contributed by atoms with Crippen molar-refractivity contribution in [2.24, 2.45) is 7.05 Å². The number of carboxylic acids is 1. The Balaban J connectivity index is 0.000000505. The lowest BCUT2D eigenvalue weighted by molar-refractivity contribution is -0.192. The average molecular weight is 529 g/mol. The first-order valence-corrected chi connectivity index (χ1v) is 11.2. The van der Waals surface area contributed by atoms with Crippen molar-refractivity contribution in [3.8, 4) is 11.1 Å². The van der Waals surface area contributed by atoms with Crippen molar-refractivity contribution >= 4 is 23.5 Å². The molecule has 198 valence electrons. The Labute approximate surface area is 215 Å². The number of para-hydroxylation sites is 1. The molecule has 2 aromatic carbocycles. The maximum atomic E-state index is 13.3. The van der Waals surface area contributed by atoms with Crippen LogP contribution in [0.1, 0.15) is 16.1 Å². The summed E-state index contributed by atoms with van der Waals surface area (Å²) in [7, 11) is 1.82. The van der Waals surface area contributed by atoms with E-state index in [9.17, 15) is 22.4 Å². The van der Waals surface area contributed by atoms with Crippen LogP contribution in [-0.4, -0.2) is 44.2 Å². The average Bonchev–Trinajstić information content (AvgIpc) is 3.26. The fraction of sp³-hybridized carbons (Fsp3) is 0.154. The number of anilines is 2. The summed E-state index contributed by atoms with van der Waals surface area (Å²) < 4.78 is 46.8. The molecule has 0 bridgehead atoms. The maximum absolute atomic E-state index is 13.3. The molecule has 2 aromatic heterocycles. The van der Waals surface area contributed by atoms with Crippen LogP contribution in [0.5, 0.6) is 0 Å². The Bertz CT molecular complexity index is 1370. The highest BCUT2D eigenvalue weighted by molar-refractivity contribution is 5.94. The Hall–Kier alpha value is -4.74. The molecule has 12 heteroatoms. The Kier molecular flexibility index (Phi) is 9.14. The molecule has 0 fully saturated rings. The molecule has 8 nitrogen and oxygen atoms in total. The highest BCUT2D eigenvalue weighted by atomic mass is 19.4. The minimum absolute atomic E-state index is 0.187. The zero-order valence-corrected chi connectivity index (χ0v) is 20.0. The van der Waals surface area contributed by atoms with Gasteiger partial charge in [-0.25, -0.2) is 19.2 Å². The van der Waals surface area contributed by atoms with Gasteiger partial charge in [-0.1, -0.05) is 30.3 Å². The van der Waals surface area contributed by atoms with Gasteiger partial charge in [0.25, 0.3) is 5.91 Å². The second-order valence-electron chi connectivity index (χ2n) is 7.95. The van der Waals surface area contributed by atoms with Crippen LogP contribution in [0.2, 0.25) is 0 Å². The number of aliphatic carboxylic acids is 1. The standard InChI is InChI=1S/C24H22FN5O.C2HF3O2/c1-30-16-18(19-14-27-24(28-15-19)29-21-8-3-2-4-9-21)13-22(30)23(31)26-11-10-17-6-5-7-20(25)12-17;3-2(4,5)1(6)7/h2-9,12-16H,10-11H2,1H3,(H,26,31)(H,27,28,29);(H,6,7). The molecule has 38 heavy (non-hydrogen) atoms. The molecule has 2 heterocycles. The summed E-state index contributed by atoms with van der Waals surface area (Å²) in [6.07, 6.45) is 0.785. The Morgan fingerprint density at radius 1 is 0.974 bits per heavy atom. The van der Waals surface area contributed by atoms with Crippen LogP contribution in [0.25, 0.3) is 11.1 Å². The van der Waals surface area contributed by atoms with Gasteiger partial charge in [-0.05, 0) is 42.3 Å². The van der Waals surface area contributed by atoms with Crippen LogP contribution in [0, 0.1) is 5.82 Å². The van der Waals surface area contributed by atoms with Gasteiger partial charge in [0.1, 0.15) is 11.5 Å². The quantitative estimate of drug-likeness (QED) is 0.292. The van der Waals surface area contributed by atoms with E-state index in [-0.39, 0.29) is 11.7 Å². The van der Waals surface area contributed by atoms with E-state index in [1.54, 1.807) is 29.1 Å². The first-order chi connectivity index (χ1) is 18.0. The van der Waals surface area contributed by atoms with Gasteiger partial charge in [-0.3, -0.25) is 4.79 Å². The third kappa shape index (κ3) is 8.15. The first-order valence-electron chi connectivity index (χ1n) is 11.2. The van der Waals surface area contributed by atoms with Crippen molar-refractivity contribution in [2.45, 2.75) is 12.6 Å². The molecule has 0 spiro atoms. The summed E-state index contributed by atoms with van der Waals surface area (Å²) in [5, 5.41) is 13.2. The molecule has 0 atom stereocenters. The van der Waals surface area contributed by atoms with Crippen molar-refractivity contribution in [1.29, 1.82) is 0 Å². The molecule has 0 saturated carbocycles. The van der Waals surface area contributed by atoms with Gasteiger partial charge >= 0.3 is 12.1 Å². The molecule has 0 saturated heterocycles. The largest absolute Gasteiger partial charge is 0.490 e. The lowest BCUT2D eigenvalue weighted by Gasteiger charge is -2.06. The molecule has 1 amide bonds. The van der Waals surface area contributed by atoms with E-state index >= 15 is 0 Å². The maximum Gasteiger partial charge on any atom is 0.490 e. The van der Waals surface area contributed by atoms with Crippen molar-refractivity contribution < 1.29 is 32.3 Å². The number of alkyl halides is 3. The van der Waals surface area contributed by atoms with Crippen molar-refractivity contribution in [1.82, 2.24) is 19.9 Å². The Morgan fingerprint density at radius 2 is 1.63 bits per heavy atom. The first kappa shape index (κ1) is 27.8. The molecule has 0 radical (unpaired) electrons. The third-order valence-electron chi connectivity index (χ3n) is 5.08. The molecule has 3 N–H and O–H groups in total. The third-order valence-corrected chi connectivity index (χ3v) is 5.08. The number of rotatable bonds is 7. The monoisotopic (exact) mass is 529 g/mol. The van der Waals surface area contributed by atoms with E-state index in [2.05, 4.69) is 20.6 Å². The van der Waals surface area contributed by atoms with E-state index in [0.29, 0.717) is 24.6 Å². The second-order valence-corrected chi connectivity index (χ2v) is 7.95. The van der Waals surface area contributed by atoms with Crippen LogP contribution < -0.4 is 10.6 Å². The minimum Gasteiger partial charge on any atom is -0.475 e. The zero-order chi connectivity index (χ0) is 27.7. The van der Waals surface area contributed by atoms with Gasteiger partial charge in [0, 0.05) is 49.0 Å². The fourth-order valence-electron chi connectivity index (χ4n) is 3.24. The smallest absolute Gasteiger partial charge is 0.475 e. The summed E-state index contributed by atoms with van der Waals surface area (Å²) >= 11 is 0. The number of carboxylic acid groups (broad SMARTS) is 1. The predicted octanol–water partition coefficient (Wildman–Crippen LogP) is 4.97. The number of nitrogens with one attached hydrogen (secondary N) is 2. The fourth-order valence-corrected chi connectivity index (χ4v) is 3.24. The molecule has 0 aliphatic heterocycles. The lowest BCUT2D eigenvalue weighted by Crippen LogP contribution is -2.27. The minimum atomic E-state index is -5.08. The molecular weight excluding hydrogens is 506 g/mol. The van der Waals surface area contributed by atoms with E-state index in [4.69, 9.17) is 9.90 Å². The predicted molar refractivity (Wildman–Crippen MR) is 132 cm³/mol. The number of aryl methyl sites for hydroxylation is 1. The summed E-state index contributed by atoms with van der Waals surface area (Å²) in [5.41, 5.74) is 3.94. The van der Waals surface area contributed by atoms with Gasteiger partial charge in [-0.15, -0.1) is 0 Å². The Morgan fingerprint density at radius 3 is 2.24 bits per heavy atom. The van der Waals surface area contributed by atoms with E-state index in [1.165, 1.54) is 12.1 Å². The van der Waals surface area contributed by atoms with Gasteiger partial charge in [0.2, 0.25) is 5.95 Å². The topological polar surface area (TPSA) is 109 Å². The molecular formula is C26H23F4N5O3. The van der Waals surface area contributed by atoms with Crippen LogP contribution in [0.3, 0.4) is 0 Å². The molecule has 4 rings (SSSR count). The summed E-state index contributed by atoms with van der Waals surface area (Å²) in [6, 6.07) is 17.9. The highest BCUT2D eigenvalue weighted by Gasteiger charge is 2.38. The molecule has 4 aromatic rings. The number of hydrogen-bond donors (Lipinski definition) is 3. The number of aromatic nitrogens is 3. The number of carbonyl (C=O) groups is 2. The van der Waals surface area contributed by atoms with E-state index in [1.807, 2.05) is 49.6 Å². The lowest BCUT2D eigenvalue weighted by atomic mass is 10.1. The SMILES string of the molecule is Cn1cc(-c2cnc(Nc3ccccc3)nc2)cc1C(=O)NCCc1cccc(F)c1.O=C(O)C(F)(F)F. The summed E-state index contributed by atoms with van der Waals surface area (Å²) in [5.74, 6) is -2.72.